The number of hydrogen-bond donors (Lipinski definition) is 1. The number of aromatic carboxylic acids is 1. The molecule has 2 rings (SSSR count). The minimum Gasteiger partial charge on any atom is -0.478 e. The van der Waals surface area contributed by atoms with Crippen molar-refractivity contribution in [2.45, 2.75) is 0 Å². The molecule has 6 nitrogen and oxygen atoms in total. The first-order valence-electron chi connectivity index (χ1n) is 5.18. The van der Waals surface area contributed by atoms with Gasteiger partial charge in [0, 0.05) is 12.3 Å². The lowest BCUT2D eigenvalue weighted by Gasteiger charge is -1.94. The molecular weight excluding hydrogens is 268 g/mol. The molecule has 0 unspecified atom stereocenters. The molecule has 0 aliphatic rings. The van der Waals surface area contributed by atoms with E-state index < -0.39 is 10.9 Å². The molecule has 1 aromatic heterocycles. The largest absolute Gasteiger partial charge is 0.478 e. The van der Waals surface area contributed by atoms with Crippen molar-refractivity contribution < 1.29 is 14.8 Å². The first kappa shape index (κ1) is 12.9. The molecule has 1 heterocycles. The van der Waals surface area contributed by atoms with Crippen LogP contribution in [0.4, 0.5) is 10.7 Å². The Morgan fingerprint density at radius 1 is 1.26 bits per heavy atom. The summed E-state index contributed by atoms with van der Waals surface area (Å²) in [5.41, 5.74) is 0.770. The number of carbonyl (C=O) groups is 1. The second kappa shape index (κ2) is 5.40. The SMILES string of the molecule is O=C(O)c1ccc(N=Cc2ccc([N+](=O)[O-])s2)cc1. The maximum absolute atomic E-state index is 10.7. The van der Waals surface area contributed by atoms with Crippen LogP contribution in [0, 0.1) is 10.1 Å². The third-order valence-electron chi connectivity index (χ3n) is 2.25. The van der Waals surface area contributed by atoms with Crippen molar-refractivity contribution in [1.82, 2.24) is 0 Å². The Morgan fingerprint density at radius 3 is 2.47 bits per heavy atom. The van der Waals surface area contributed by atoms with Crippen molar-refractivity contribution in [1.29, 1.82) is 0 Å². The third-order valence-corrected chi connectivity index (χ3v) is 3.22. The van der Waals surface area contributed by atoms with Gasteiger partial charge in [0.15, 0.2) is 0 Å². The average molecular weight is 276 g/mol. The lowest BCUT2D eigenvalue weighted by atomic mass is 10.2. The molecule has 0 aliphatic heterocycles. The number of rotatable bonds is 4. The van der Waals surface area contributed by atoms with E-state index >= 15 is 0 Å². The minimum atomic E-state index is -0.996. The number of hydrogen-bond acceptors (Lipinski definition) is 5. The predicted molar refractivity (Wildman–Crippen MR) is 71.6 cm³/mol. The lowest BCUT2D eigenvalue weighted by Crippen LogP contribution is -1.94. The lowest BCUT2D eigenvalue weighted by molar-refractivity contribution is -0.380. The molecule has 0 saturated carbocycles. The molecular formula is C12H8N2O4S. The molecule has 0 fully saturated rings. The number of nitro groups is 1. The van der Waals surface area contributed by atoms with Gasteiger partial charge in [0.2, 0.25) is 0 Å². The highest BCUT2D eigenvalue weighted by Crippen LogP contribution is 2.23. The molecule has 0 aliphatic carbocycles. The molecule has 7 heteroatoms. The number of nitrogens with zero attached hydrogens (tertiary/aromatic N) is 2. The van der Waals surface area contributed by atoms with Crippen molar-refractivity contribution in [2.24, 2.45) is 4.99 Å². The summed E-state index contributed by atoms with van der Waals surface area (Å²) in [4.78, 5) is 25.5. The standard InChI is InChI=1S/C12H8N2O4S/c15-12(16)8-1-3-9(4-2-8)13-7-10-5-6-11(19-10)14(17)18/h1-7H,(H,15,16). The molecule has 0 bridgehead atoms. The minimum absolute atomic E-state index is 0.0580. The van der Waals surface area contributed by atoms with Crippen molar-refractivity contribution >= 4 is 34.2 Å². The average Bonchev–Trinajstić information content (AvgIpc) is 2.86. The first-order valence-corrected chi connectivity index (χ1v) is 5.99. The fourth-order valence-electron chi connectivity index (χ4n) is 1.34. The number of benzene rings is 1. The van der Waals surface area contributed by atoms with E-state index in [1.165, 1.54) is 24.4 Å². The van der Waals surface area contributed by atoms with Crippen molar-refractivity contribution in [3.8, 4) is 0 Å². The van der Waals surface area contributed by atoms with Crippen LogP contribution in [0.2, 0.25) is 0 Å². The highest BCUT2D eigenvalue weighted by Gasteiger charge is 2.08. The van der Waals surface area contributed by atoms with Crippen LogP contribution in [0.5, 0.6) is 0 Å². The zero-order valence-corrected chi connectivity index (χ0v) is 10.3. The van der Waals surface area contributed by atoms with Crippen molar-refractivity contribution in [3.05, 3.63) is 57.0 Å². The molecule has 0 amide bonds. The highest BCUT2D eigenvalue weighted by atomic mass is 32.1. The Bertz CT molecular complexity index is 646. The summed E-state index contributed by atoms with van der Waals surface area (Å²) in [5, 5.41) is 19.3. The molecule has 0 saturated heterocycles. The quantitative estimate of drug-likeness (QED) is 0.527. The van der Waals surface area contributed by atoms with Crippen LogP contribution in [0.1, 0.15) is 15.2 Å². The van der Waals surface area contributed by atoms with Crippen LogP contribution in [0.15, 0.2) is 41.4 Å². The summed E-state index contributed by atoms with van der Waals surface area (Å²) < 4.78 is 0. The third kappa shape index (κ3) is 3.23. The summed E-state index contributed by atoms with van der Waals surface area (Å²) in [6.07, 6.45) is 1.51. The van der Waals surface area contributed by atoms with Gasteiger partial charge < -0.3 is 5.11 Å². The number of thiophene rings is 1. The van der Waals surface area contributed by atoms with Crippen molar-refractivity contribution in [3.63, 3.8) is 0 Å². The maximum atomic E-state index is 10.7. The van der Waals surface area contributed by atoms with E-state index in [9.17, 15) is 14.9 Å². The Labute approximate surface area is 111 Å². The van der Waals surface area contributed by atoms with Gasteiger partial charge in [-0.25, -0.2) is 4.79 Å². The Hall–Kier alpha value is -2.54. The molecule has 0 radical (unpaired) electrons. The second-order valence-electron chi connectivity index (χ2n) is 3.54. The van der Waals surface area contributed by atoms with E-state index in [0.29, 0.717) is 10.6 Å². The van der Waals surface area contributed by atoms with Crippen LogP contribution >= 0.6 is 11.3 Å². The monoisotopic (exact) mass is 276 g/mol. The van der Waals surface area contributed by atoms with Gasteiger partial charge in [-0.15, -0.1) is 0 Å². The molecule has 19 heavy (non-hydrogen) atoms. The van der Waals surface area contributed by atoms with Crippen molar-refractivity contribution in [2.75, 3.05) is 0 Å². The van der Waals surface area contributed by atoms with E-state index in [2.05, 4.69) is 4.99 Å². The maximum Gasteiger partial charge on any atom is 0.335 e. The van der Waals surface area contributed by atoms with E-state index in [1.807, 2.05) is 0 Å². The molecule has 96 valence electrons. The van der Waals surface area contributed by atoms with Crippen LogP contribution in [0.25, 0.3) is 0 Å². The van der Waals surface area contributed by atoms with E-state index in [-0.39, 0.29) is 10.6 Å². The van der Waals surface area contributed by atoms with E-state index in [4.69, 9.17) is 5.11 Å². The van der Waals surface area contributed by atoms with Gasteiger partial charge >= 0.3 is 11.0 Å². The van der Waals surface area contributed by atoms with E-state index in [1.54, 1.807) is 18.2 Å². The van der Waals surface area contributed by atoms with Crippen LogP contribution < -0.4 is 0 Å². The van der Waals surface area contributed by atoms with Gasteiger partial charge in [0.05, 0.1) is 21.1 Å². The molecule has 2 aromatic rings. The summed E-state index contributed by atoms with van der Waals surface area (Å²) in [6.45, 7) is 0. The Kier molecular flexibility index (Phi) is 3.67. The number of carboxylic acid groups (broad SMARTS) is 1. The van der Waals surface area contributed by atoms with Gasteiger partial charge in [-0.05, 0) is 30.3 Å². The van der Waals surface area contributed by atoms with Gasteiger partial charge in [0.25, 0.3) is 0 Å². The fraction of sp³-hybridized carbons (Fsp3) is 0. The fourth-order valence-corrected chi connectivity index (χ4v) is 2.03. The zero-order chi connectivity index (χ0) is 13.8. The van der Waals surface area contributed by atoms with Crippen LogP contribution in [-0.4, -0.2) is 22.2 Å². The summed E-state index contributed by atoms with van der Waals surface area (Å²) in [7, 11) is 0. The summed E-state index contributed by atoms with van der Waals surface area (Å²) >= 11 is 1.03. The Balaban J connectivity index is 2.13. The summed E-state index contributed by atoms with van der Waals surface area (Å²) in [5.74, 6) is -0.996. The molecule has 1 N–H and O–H groups in total. The van der Waals surface area contributed by atoms with Gasteiger partial charge in [-0.2, -0.15) is 0 Å². The predicted octanol–water partition coefficient (Wildman–Crippen LogP) is 3.11. The normalized spacial score (nSPS) is 10.7. The topological polar surface area (TPSA) is 92.8 Å². The zero-order valence-electron chi connectivity index (χ0n) is 9.52. The van der Waals surface area contributed by atoms with Crippen LogP contribution in [0.3, 0.4) is 0 Å². The second-order valence-corrected chi connectivity index (χ2v) is 4.64. The van der Waals surface area contributed by atoms with Gasteiger partial charge in [-0.1, -0.05) is 11.3 Å². The highest BCUT2D eigenvalue weighted by molar-refractivity contribution is 7.16. The smallest absolute Gasteiger partial charge is 0.335 e. The molecule has 1 aromatic carbocycles. The van der Waals surface area contributed by atoms with Crippen LogP contribution in [-0.2, 0) is 0 Å². The first-order chi connectivity index (χ1) is 9.06. The van der Waals surface area contributed by atoms with Gasteiger partial charge in [-0.3, -0.25) is 15.1 Å². The summed E-state index contributed by atoms with van der Waals surface area (Å²) in [6, 6.07) is 9.07. The van der Waals surface area contributed by atoms with Gasteiger partial charge in [0.1, 0.15) is 0 Å². The van der Waals surface area contributed by atoms with E-state index in [0.717, 1.165) is 11.3 Å². The number of carboxylic acids is 1. The Morgan fingerprint density at radius 2 is 1.95 bits per heavy atom. The molecule has 0 spiro atoms. The molecule has 0 atom stereocenters. The number of aliphatic imine (C=N–C) groups is 1.